The van der Waals surface area contributed by atoms with Gasteiger partial charge in [-0.25, -0.2) is 0 Å². The number of amides is 1. The van der Waals surface area contributed by atoms with Gasteiger partial charge in [-0.05, 0) is 12.8 Å². The van der Waals surface area contributed by atoms with Gasteiger partial charge in [0.25, 0.3) is 0 Å². The van der Waals surface area contributed by atoms with Crippen LogP contribution in [0.5, 0.6) is 0 Å². The molecular weight excluding hydrogens is 311 g/mol. The van der Waals surface area contributed by atoms with Crippen LogP contribution in [-0.2, 0) is 9.53 Å². The molecule has 2 heterocycles. The molecule has 124 valence electrons. The van der Waals surface area contributed by atoms with Gasteiger partial charge in [0.1, 0.15) is 6.04 Å². The van der Waals surface area contributed by atoms with Gasteiger partial charge in [0.05, 0.1) is 19.8 Å². The number of carbonyl (C=O) groups is 1. The molecule has 0 spiro atoms. The number of morpholine rings is 1. The number of alkyl halides is 3. The fourth-order valence-electron chi connectivity index (χ4n) is 2.52. The van der Waals surface area contributed by atoms with E-state index < -0.39 is 12.7 Å². The molecular formula is C12H21ClF3N3O2. The Hall–Kier alpha value is -0.570. The summed E-state index contributed by atoms with van der Waals surface area (Å²) in [6, 6.07) is -0.396. The summed E-state index contributed by atoms with van der Waals surface area (Å²) in [5, 5.41) is 5.93. The lowest BCUT2D eigenvalue weighted by molar-refractivity contribution is -0.148. The molecule has 5 nitrogen and oxygen atoms in total. The zero-order valence-electron chi connectivity index (χ0n) is 11.6. The van der Waals surface area contributed by atoms with Gasteiger partial charge in [0.15, 0.2) is 0 Å². The van der Waals surface area contributed by atoms with Crippen molar-refractivity contribution < 1.29 is 22.7 Å². The van der Waals surface area contributed by atoms with Crippen molar-refractivity contribution in [1.29, 1.82) is 0 Å². The van der Waals surface area contributed by atoms with Gasteiger partial charge in [0.2, 0.25) is 5.91 Å². The Morgan fingerprint density at radius 3 is 2.52 bits per heavy atom. The summed E-state index contributed by atoms with van der Waals surface area (Å²) in [6.07, 6.45) is -3.05. The molecule has 2 saturated heterocycles. The second kappa shape index (κ2) is 8.17. The Kier molecular flexibility index (Phi) is 7.19. The molecule has 2 aliphatic rings. The molecule has 2 N–H and O–H groups in total. The predicted octanol–water partition coefficient (Wildman–Crippen LogP) is 0.539. The van der Waals surface area contributed by atoms with Gasteiger partial charge >= 0.3 is 6.18 Å². The third-order valence-electron chi connectivity index (χ3n) is 3.57. The minimum Gasteiger partial charge on any atom is -0.378 e. The summed E-state index contributed by atoms with van der Waals surface area (Å²) in [5.74, 6) is -0.126. The normalized spacial score (nSPS) is 25.2. The molecule has 0 aromatic heterocycles. The summed E-state index contributed by atoms with van der Waals surface area (Å²) in [7, 11) is 0. The number of piperidine rings is 1. The second-order valence-electron chi connectivity index (χ2n) is 5.26. The van der Waals surface area contributed by atoms with Crippen LogP contribution in [0.2, 0.25) is 0 Å². The highest BCUT2D eigenvalue weighted by molar-refractivity contribution is 5.85. The smallest absolute Gasteiger partial charge is 0.378 e. The summed E-state index contributed by atoms with van der Waals surface area (Å²) >= 11 is 0. The van der Waals surface area contributed by atoms with Gasteiger partial charge in [-0.1, -0.05) is 0 Å². The standard InChI is InChI=1S/C12H20F3N3O2.ClH/c13-12(14,15)8-18-4-1-9(2-5-18)17-11(19)10-7-20-6-3-16-10;/h9-10,16H,1-8H2,(H,17,19);1H. The van der Waals surface area contributed by atoms with Crippen molar-refractivity contribution in [2.45, 2.75) is 31.1 Å². The Morgan fingerprint density at radius 1 is 1.33 bits per heavy atom. The first-order valence-electron chi connectivity index (χ1n) is 6.84. The molecule has 0 aromatic carbocycles. The number of likely N-dealkylation sites (tertiary alicyclic amines) is 1. The molecule has 0 aromatic rings. The number of nitrogens with one attached hydrogen (secondary N) is 2. The van der Waals surface area contributed by atoms with E-state index in [0.717, 1.165) is 0 Å². The van der Waals surface area contributed by atoms with Crippen molar-refractivity contribution in [2.75, 3.05) is 39.4 Å². The lowest BCUT2D eigenvalue weighted by Gasteiger charge is -2.33. The average Bonchev–Trinajstić information content (AvgIpc) is 2.40. The van der Waals surface area contributed by atoms with Crippen LogP contribution >= 0.6 is 12.4 Å². The Morgan fingerprint density at radius 2 is 2.00 bits per heavy atom. The lowest BCUT2D eigenvalue weighted by atomic mass is 10.0. The number of hydrogen-bond donors (Lipinski definition) is 2. The zero-order valence-corrected chi connectivity index (χ0v) is 12.4. The number of nitrogens with zero attached hydrogens (tertiary/aromatic N) is 1. The van der Waals surface area contributed by atoms with E-state index in [9.17, 15) is 18.0 Å². The van der Waals surface area contributed by atoms with Crippen LogP contribution in [-0.4, -0.2) is 68.5 Å². The first-order chi connectivity index (χ1) is 9.44. The van der Waals surface area contributed by atoms with Gasteiger partial charge in [0, 0.05) is 25.7 Å². The third kappa shape index (κ3) is 6.37. The number of ether oxygens (including phenoxy) is 1. The lowest BCUT2D eigenvalue weighted by Crippen LogP contribution is -2.55. The fourth-order valence-corrected chi connectivity index (χ4v) is 2.52. The monoisotopic (exact) mass is 331 g/mol. The number of hydrogen-bond acceptors (Lipinski definition) is 4. The maximum Gasteiger partial charge on any atom is 0.401 e. The van der Waals surface area contributed by atoms with E-state index in [1.807, 2.05) is 0 Å². The maximum absolute atomic E-state index is 12.3. The summed E-state index contributed by atoms with van der Waals surface area (Å²) < 4.78 is 42.0. The quantitative estimate of drug-likeness (QED) is 0.792. The number of carbonyl (C=O) groups excluding carboxylic acids is 1. The zero-order chi connectivity index (χ0) is 14.6. The van der Waals surface area contributed by atoms with Crippen LogP contribution in [0.1, 0.15) is 12.8 Å². The SMILES string of the molecule is Cl.O=C(NC1CCN(CC(F)(F)F)CC1)C1COCCN1. The van der Waals surface area contributed by atoms with Crippen molar-refractivity contribution in [3.05, 3.63) is 0 Å². The molecule has 0 saturated carbocycles. The highest BCUT2D eigenvalue weighted by atomic mass is 35.5. The van der Waals surface area contributed by atoms with E-state index in [4.69, 9.17) is 4.74 Å². The van der Waals surface area contributed by atoms with E-state index in [1.165, 1.54) is 4.90 Å². The largest absolute Gasteiger partial charge is 0.401 e. The molecule has 1 amide bonds. The molecule has 2 aliphatic heterocycles. The Labute approximate surface area is 128 Å². The molecule has 2 fully saturated rings. The van der Waals surface area contributed by atoms with E-state index in [-0.39, 0.29) is 30.4 Å². The van der Waals surface area contributed by atoms with E-state index in [0.29, 0.717) is 45.7 Å². The van der Waals surface area contributed by atoms with Crippen molar-refractivity contribution in [3.8, 4) is 0 Å². The molecule has 1 unspecified atom stereocenters. The topological polar surface area (TPSA) is 53.6 Å². The molecule has 21 heavy (non-hydrogen) atoms. The minimum absolute atomic E-state index is 0. The number of halogens is 4. The molecule has 0 aliphatic carbocycles. The molecule has 9 heteroatoms. The molecule has 1 atom stereocenters. The van der Waals surface area contributed by atoms with Crippen LogP contribution in [0.25, 0.3) is 0 Å². The third-order valence-corrected chi connectivity index (χ3v) is 3.57. The second-order valence-corrected chi connectivity index (χ2v) is 5.26. The van der Waals surface area contributed by atoms with Gasteiger partial charge in [-0.15, -0.1) is 12.4 Å². The predicted molar refractivity (Wildman–Crippen MR) is 73.5 cm³/mol. The minimum atomic E-state index is -4.15. The van der Waals surface area contributed by atoms with Crippen LogP contribution in [0.3, 0.4) is 0 Å². The van der Waals surface area contributed by atoms with Crippen LogP contribution in [0.15, 0.2) is 0 Å². The summed E-state index contributed by atoms with van der Waals surface area (Å²) in [5.41, 5.74) is 0. The van der Waals surface area contributed by atoms with Crippen LogP contribution < -0.4 is 10.6 Å². The van der Waals surface area contributed by atoms with Crippen LogP contribution in [0, 0.1) is 0 Å². The average molecular weight is 332 g/mol. The van der Waals surface area contributed by atoms with Gasteiger partial charge < -0.3 is 15.4 Å². The highest BCUT2D eigenvalue weighted by Crippen LogP contribution is 2.19. The molecule has 0 bridgehead atoms. The van der Waals surface area contributed by atoms with Crippen molar-refractivity contribution in [3.63, 3.8) is 0 Å². The van der Waals surface area contributed by atoms with E-state index in [2.05, 4.69) is 10.6 Å². The Bertz CT molecular complexity index is 330. The van der Waals surface area contributed by atoms with E-state index >= 15 is 0 Å². The van der Waals surface area contributed by atoms with Crippen molar-refractivity contribution in [1.82, 2.24) is 15.5 Å². The molecule has 2 rings (SSSR count). The van der Waals surface area contributed by atoms with E-state index in [1.54, 1.807) is 0 Å². The maximum atomic E-state index is 12.3. The fraction of sp³-hybridized carbons (Fsp3) is 0.917. The van der Waals surface area contributed by atoms with Gasteiger partial charge in [-0.3, -0.25) is 9.69 Å². The summed E-state index contributed by atoms with van der Waals surface area (Å²) in [4.78, 5) is 13.3. The Balaban J connectivity index is 0.00000220. The molecule has 0 radical (unpaired) electrons. The summed E-state index contributed by atoms with van der Waals surface area (Å²) in [6.45, 7) is 1.43. The van der Waals surface area contributed by atoms with Crippen molar-refractivity contribution in [2.24, 2.45) is 0 Å². The first kappa shape index (κ1) is 18.5. The van der Waals surface area contributed by atoms with Crippen molar-refractivity contribution >= 4 is 18.3 Å². The number of rotatable bonds is 3. The highest BCUT2D eigenvalue weighted by Gasteiger charge is 2.33. The van der Waals surface area contributed by atoms with Crippen LogP contribution in [0.4, 0.5) is 13.2 Å². The first-order valence-corrected chi connectivity index (χ1v) is 6.84. The van der Waals surface area contributed by atoms with Gasteiger partial charge in [-0.2, -0.15) is 13.2 Å².